The van der Waals surface area contributed by atoms with Crippen LogP contribution in [0.25, 0.3) is 22.2 Å². The molecule has 1 aromatic heterocycles. The highest BCUT2D eigenvalue weighted by Crippen LogP contribution is 2.46. The van der Waals surface area contributed by atoms with E-state index < -0.39 is 6.04 Å². The van der Waals surface area contributed by atoms with E-state index in [4.69, 9.17) is 4.74 Å². The molecular weight excluding hydrogens is 457 g/mol. The highest BCUT2D eigenvalue weighted by atomic mass is 19.1. The van der Waals surface area contributed by atoms with Gasteiger partial charge in [0.05, 0.1) is 24.9 Å². The number of morpholine rings is 1. The summed E-state index contributed by atoms with van der Waals surface area (Å²) in [5.74, 6) is -0.554. The molecule has 36 heavy (non-hydrogen) atoms. The fourth-order valence-corrected chi connectivity index (χ4v) is 5.56. The van der Waals surface area contributed by atoms with Gasteiger partial charge in [-0.15, -0.1) is 0 Å². The lowest BCUT2D eigenvalue weighted by molar-refractivity contribution is -0.136. The van der Waals surface area contributed by atoms with E-state index in [1.807, 2.05) is 55.6 Å². The largest absolute Gasteiger partial charge is 0.378 e. The first-order valence-corrected chi connectivity index (χ1v) is 12.1. The Morgan fingerprint density at radius 3 is 2.44 bits per heavy atom. The normalized spacial score (nSPS) is 17.6. The highest BCUT2D eigenvalue weighted by molar-refractivity contribution is 6.03. The number of para-hydroxylation sites is 1. The van der Waals surface area contributed by atoms with Crippen molar-refractivity contribution >= 4 is 22.7 Å². The van der Waals surface area contributed by atoms with Gasteiger partial charge in [-0.25, -0.2) is 4.39 Å². The number of ether oxygens (including phenoxy) is 1. The number of aromatic nitrogens is 1. The Labute approximate surface area is 208 Å². The van der Waals surface area contributed by atoms with Gasteiger partial charge in [0, 0.05) is 42.2 Å². The number of fused-ring (bicyclic) bond motifs is 2. The van der Waals surface area contributed by atoms with Gasteiger partial charge in [-0.3, -0.25) is 9.59 Å². The van der Waals surface area contributed by atoms with Gasteiger partial charge in [0.1, 0.15) is 12.4 Å². The molecule has 1 saturated heterocycles. The average Bonchev–Trinajstić information content (AvgIpc) is 3.36. The maximum Gasteiger partial charge on any atom is 0.255 e. The van der Waals surface area contributed by atoms with Crippen LogP contribution in [0.1, 0.15) is 27.5 Å². The fourth-order valence-electron chi connectivity index (χ4n) is 5.56. The third kappa shape index (κ3) is 3.58. The molecule has 0 saturated carbocycles. The summed E-state index contributed by atoms with van der Waals surface area (Å²) in [6.45, 7) is 2.02. The quantitative estimate of drug-likeness (QED) is 0.433. The minimum absolute atomic E-state index is 0.0236. The van der Waals surface area contributed by atoms with Gasteiger partial charge < -0.3 is 19.1 Å². The van der Waals surface area contributed by atoms with Crippen molar-refractivity contribution in [2.75, 3.05) is 32.8 Å². The van der Waals surface area contributed by atoms with E-state index in [0.717, 1.165) is 33.3 Å². The van der Waals surface area contributed by atoms with Crippen molar-refractivity contribution in [3.05, 3.63) is 95.3 Å². The third-order valence-corrected chi connectivity index (χ3v) is 7.26. The Morgan fingerprint density at radius 2 is 1.67 bits per heavy atom. The van der Waals surface area contributed by atoms with Gasteiger partial charge in [-0.2, -0.15) is 0 Å². The van der Waals surface area contributed by atoms with Crippen molar-refractivity contribution in [2.45, 2.75) is 6.04 Å². The number of nitrogens with zero attached hydrogens (tertiary/aromatic N) is 3. The van der Waals surface area contributed by atoms with Crippen molar-refractivity contribution < 1.29 is 18.7 Å². The van der Waals surface area contributed by atoms with Crippen LogP contribution in [-0.4, -0.2) is 59.0 Å². The van der Waals surface area contributed by atoms with Gasteiger partial charge in [-0.05, 0) is 47.5 Å². The van der Waals surface area contributed by atoms with Gasteiger partial charge in [0.15, 0.2) is 0 Å². The monoisotopic (exact) mass is 483 g/mol. The van der Waals surface area contributed by atoms with Crippen LogP contribution in [0.15, 0.2) is 72.8 Å². The fraction of sp³-hybridized carbons (Fsp3) is 0.241. The zero-order valence-electron chi connectivity index (χ0n) is 20.0. The second-order valence-electron chi connectivity index (χ2n) is 9.26. The summed E-state index contributed by atoms with van der Waals surface area (Å²) < 4.78 is 21.3. The number of rotatable bonds is 4. The van der Waals surface area contributed by atoms with E-state index in [1.165, 1.54) is 12.1 Å². The summed E-state index contributed by atoms with van der Waals surface area (Å²) in [5, 5.41) is 0.998. The molecule has 1 atom stereocenters. The van der Waals surface area contributed by atoms with Crippen LogP contribution in [-0.2, 0) is 16.6 Å². The molecule has 0 N–H and O–H groups in total. The molecule has 0 bridgehead atoms. The summed E-state index contributed by atoms with van der Waals surface area (Å²) in [4.78, 5) is 30.5. The Bertz CT molecular complexity index is 1470. The first kappa shape index (κ1) is 22.5. The molecule has 2 aliphatic heterocycles. The molecule has 0 aliphatic carbocycles. The van der Waals surface area contributed by atoms with E-state index in [-0.39, 0.29) is 24.2 Å². The lowest BCUT2D eigenvalue weighted by Crippen LogP contribution is -2.46. The Hall–Kier alpha value is -3.97. The predicted octanol–water partition coefficient (Wildman–Crippen LogP) is 4.39. The maximum absolute atomic E-state index is 13.8. The van der Waals surface area contributed by atoms with Crippen LogP contribution in [0.4, 0.5) is 4.39 Å². The van der Waals surface area contributed by atoms with Crippen molar-refractivity contribution in [1.29, 1.82) is 0 Å². The zero-order chi connectivity index (χ0) is 24.8. The van der Waals surface area contributed by atoms with E-state index in [0.29, 0.717) is 31.9 Å². The number of amides is 2. The van der Waals surface area contributed by atoms with Crippen LogP contribution in [0, 0.1) is 5.82 Å². The molecule has 2 aliphatic rings. The van der Waals surface area contributed by atoms with Crippen molar-refractivity contribution in [1.82, 2.24) is 14.4 Å². The van der Waals surface area contributed by atoms with Gasteiger partial charge in [-0.1, -0.05) is 36.4 Å². The summed E-state index contributed by atoms with van der Waals surface area (Å²) in [6, 6.07) is 21.6. The van der Waals surface area contributed by atoms with Crippen LogP contribution in [0.3, 0.4) is 0 Å². The molecule has 6 rings (SSSR count). The first-order chi connectivity index (χ1) is 17.5. The summed E-state index contributed by atoms with van der Waals surface area (Å²) >= 11 is 0. The summed E-state index contributed by atoms with van der Waals surface area (Å²) in [6.07, 6.45) is 0. The van der Waals surface area contributed by atoms with E-state index in [2.05, 4.69) is 4.57 Å². The van der Waals surface area contributed by atoms with Crippen molar-refractivity contribution in [3.63, 3.8) is 0 Å². The smallest absolute Gasteiger partial charge is 0.255 e. The predicted molar refractivity (Wildman–Crippen MR) is 135 cm³/mol. The van der Waals surface area contributed by atoms with E-state index >= 15 is 0 Å². The van der Waals surface area contributed by atoms with Crippen LogP contribution >= 0.6 is 0 Å². The maximum atomic E-state index is 13.8. The molecule has 4 aromatic rings. The van der Waals surface area contributed by atoms with Crippen molar-refractivity contribution in [2.24, 2.45) is 7.05 Å². The average molecular weight is 484 g/mol. The van der Waals surface area contributed by atoms with Crippen LogP contribution in [0.5, 0.6) is 0 Å². The van der Waals surface area contributed by atoms with E-state index in [9.17, 15) is 14.0 Å². The standard InChI is InChI=1S/C29H26FN3O3/c1-31-24-9-5-4-8-23(24)26(27(31)19-10-12-20(30)13-11-19)28-21-6-2-3-7-22(21)29(35)33(28)18-25(34)32-14-16-36-17-15-32/h2-13,28H,14-18H2,1H3. The second-order valence-corrected chi connectivity index (χ2v) is 9.26. The van der Waals surface area contributed by atoms with E-state index in [1.54, 1.807) is 21.9 Å². The minimum Gasteiger partial charge on any atom is -0.378 e. The van der Waals surface area contributed by atoms with Crippen LogP contribution < -0.4 is 0 Å². The number of carbonyl (C=O) groups is 2. The number of hydrogen-bond acceptors (Lipinski definition) is 3. The Kier molecular flexibility index (Phi) is 5.57. The molecular formula is C29H26FN3O3. The molecule has 0 radical (unpaired) electrons. The number of aryl methyl sites for hydroxylation is 1. The van der Waals surface area contributed by atoms with Gasteiger partial charge in [0.2, 0.25) is 5.91 Å². The molecule has 1 fully saturated rings. The summed E-state index contributed by atoms with van der Waals surface area (Å²) in [7, 11) is 1.98. The van der Waals surface area contributed by atoms with Crippen LogP contribution in [0.2, 0.25) is 0 Å². The molecule has 6 nitrogen and oxygen atoms in total. The zero-order valence-corrected chi connectivity index (χ0v) is 20.0. The summed E-state index contributed by atoms with van der Waals surface area (Å²) in [5.41, 5.74) is 5.17. The minimum atomic E-state index is -0.454. The number of benzene rings is 3. The molecule has 1 unspecified atom stereocenters. The molecule has 2 amide bonds. The number of carbonyl (C=O) groups excluding carboxylic acids is 2. The number of halogens is 1. The van der Waals surface area contributed by atoms with Crippen molar-refractivity contribution in [3.8, 4) is 11.3 Å². The van der Waals surface area contributed by atoms with Gasteiger partial charge >= 0.3 is 0 Å². The molecule has 0 spiro atoms. The molecule has 182 valence electrons. The molecule has 7 heteroatoms. The topological polar surface area (TPSA) is 54.8 Å². The Morgan fingerprint density at radius 1 is 0.972 bits per heavy atom. The first-order valence-electron chi connectivity index (χ1n) is 12.1. The Balaban J connectivity index is 1.54. The number of hydrogen-bond donors (Lipinski definition) is 0. The second kappa shape index (κ2) is 8.91. The lowest BCUT2D eigenvalue weighted by atomic mass is 9.93. The van der Waals surface area contributed by atoms with Gasteiger partial charge in [0.25, 0.3) is 5.91 Å². The molecule has 3 aromatic carbocycles. The third-order valence-electron chi connectivity index (χ3n) is 7.26. The lowest BCUT2D eigenvalue weighted by Gasteiger charge is -2.31. The SMILES string of the molecule is Cn1c(-c2ccc(F)cc2)c(C2c3ccccc3C(=O)N2CC(=O)N2CCOCC2)c2ccccc21. The molecule has 3 heterocycles. The highest BCUT2D eigenvalue weighted by Gasteiger charge is 2.42.